The molecule has 7 heteroatoms. The predicted molar refractivity (Wildman–Crippen MR) is 157 cm³/mol. The van der Waals surface area contributed by atoms with Crippen LogP contribution in [0.15, 0.2) is 91.3 Å². The van der Waals surface area contributed by atoms with Crippen LogP contribution in [-0.2, 0) is 25.7 Å². The van der Waals surface area contributed by atoms with Crippen molar-refractivity contribution in [1.82, 2.24) is 9.88 Å². The lowest BCUT2D eigenvalue weighted by atomic mass is 9.95. The predicted octanol–water partition coefficient (Wildman–Crippen LogP) is 5.65. The average Bonchev–Trinajstić information content (AvgIpc) is 3.34. The van der Waals surface area contributed by atoms with Gasteiger partial charge < -0.3 is 14.2 Å². The molecule has 1 aromatic heterocycles. The van der Waals surface area contributed by atoms with Gasteiger partial charge in [-0.15, -0.1) is 0 Å². The summed E-state index contributed by atoms with van der Waals surface area (Å²) in [5.41, 5.74) is 3.46. The fourth-order valence-corrected chi connectivity index (χ4v) is 5.66. The van der Waals surface area contributed by atoms with E-state index in [4.69, 9.17) is 14.2 Å². The van der Waals surface area contributed by atoms with E-state index >= 15 is 0 Å². The third kappa shape index (κ3) is 8.19. The van der Waals surface area contributed by atoms with Crippen LogP contribution in [0.4, 0.5) is 0 Å². The summed E-state index contributed by atoms with van der Waals surface area (Å²) in [4.78, 5) is 31.5. The summed E-state index contributed by atoms with van der Waals surface area (Å²) in [7, 11) is 0. The maximum atomic E-state index is 13.2. The second kappa shape index (κ2) is 14.8. The maximum absolute atomic E-state index is 13.2. The third-order valence-corrected chi connectivity index (χ3v) is 7.77. The number of benzene rings is 2. The number of esters is 1. The minimum absolute atomic E-state index is 0.0796. The summed E-state index contributed by atoms with van der Waals surface area (Å²) in [6.45, 7) is 3.32. The fraction of sp³-hybridized carbons (Fsp3) is 0.382. The van der Waals surface area contributed by atoms with E-state index in [1.165, 1.54) is 17.3 Å². The molecule has 1 aliphatic heterocycles. The molecule has 41 heavy (non-hydrogen) atoms. The Hall–Kier alpha value is -3.65. The highest BCUT2D eigenvalue weighted by atomic mass is 16.5. The number of allylic oxidation sites excluding steroid dienone is 2. The van der Waals surface area contributed by atoms with Gasteiger partial charge in [-0.25, -0.2) is 0 Å². The molecule has 2 aliphatic rings. The van der Waals surface area contributed by atoms with E-state index in [0.717, 1.165) is 31.5 Å². The normalized spacial score (nSPS) is 21.4. The van der Waals surface area contributed by atoms with Crippen LogP contribution in [-0.4, -0.2) is 60.1 Å². The van der Waals surface area contributed by atoms with Gasteiger partial charge in [0.15, 0.2) is 5.78 Å². The zero-order valence-electron chi connectivity index (χ0n) is 23.4. The molecule has 0 N–H and O–H groups in total. The van der Waals surface area contributed by atoms with Crippen LogP contribution in [0.3, 0.4) is 0 Å². The third-order valence-electron chi connectivity index (χ3n) is 7.77. The molecule has 0 radical (unpaired) electrons. The van der Waals surface area contributed by atoms with Gasteiger partial charge in [0.2, 0.25) is 0 Å². The Bertz CT molecular complexity index is 1270. The zero-order valence-corrected chi connectivity index (χ0v) is 23.4. The van der Waals surface area contributed by atoms with Crippen molar-refractivity contribution < 1.29 is 23.8 Å². The van der Waals surface area contributed by atoms with Crippen LogP contribution in [0.2, 0.25) is 0 Å². The lowest BCUT2D eigenvalue weighted by molar-refractivity contribution is -0.134. The van der Waals surface area contributed by atoms with Gasteiger partial charge in [0.05, 0.1) is 38.2 Å². The van der Waals surface area contributed by atoms with Crippen molar-refractivity contribution in [3.63, 3.8) is 0 Å². The number of Topliss-reactive ketones (excluding diaryl/α,β-unsaturated/α-hetero) is 1. The van der Waals surface area contributed by atoms with Crippen molar-refractivity contribution in [2.45, 2.75) is 50.9 Å². The molecule has 0 amide bonds. The van der Waals surface area contributed by atoms with Crippen LogP contribution in [0.25, 0.3) is 11.1 Å². The number of aromatic nitrogens is 1. The second-order valence-electron chi connectivity index (χ2n) is 10.6. The second-order valence-corrected chi connectivity index (χ2v) is 10.6. The molecule has 2 fully saturated rings. The molecule has 214 valence electrons. The zero-order chi connectivity index (χ0) is 28.3. The Balaban J connectivity index is 1.15. The first-order chi connectivity index (χ1) is 20.2. The van der Waals surface area contributed by atoms with Crippen LogP contribution in [0, 0.1) is 5.92 Å². The number of ether oxygens (including phenoxy) is 3. The fourth-order valence-electron chi connectivity index (χ4n) is 5.66. The van der Waals surface area contributed by atoms with E-state index in [0.29, 0.717) is 44.8 Å². The molecule has 0 bridgehead atoms. The Morgan fingerprint density at radius 1 is 0.976 bits per heavy atom. The molecule has 3 aromatic rings. The molecular formula is C34H38N2O5. The van der Waals surface area contributed by atoms with Gasteiger partial charge in [0.1, 0.15) is 5.75 Å². The van der Waals surface area contributed by atoms with Crippen molar-refractivity contribution in [3.8, 4) is 16.9 Å². The summed E-state index contributed by atoms with van der Waals surface area (Å²) >= 11 is 0. The number of rotatable bonds is 12. The topological polar surface area (TPSA) is 78.0 Å². The van der Waals surface area contributed by atoms with Crippen LogP contribution in [0.5, 0.6) is 5.75 Å². The number of unbranched alkanes of at least 4 members (excludes halogenated alkanes) is 1. The maximum Gasteiger partial charge on any atom is 0.311 e. The van der Waals surface area contributed by atoms with Gasteiger partial charge in [-0.3, -0.25) is 19.5 Å². The average molecular weight is 555 g/mol. The Morgan fingerprint density at radius 3 is 2.51 bits per heavy atom. The molecule has 1 saturated heterocycles. The SMILES string of the molecule is O=C(CCCC=CC[C@H]1[C@@H](OCc2ccc(-c3ccccc3)cc2)CC(=O)[C@@H]1N1CCOCC1)Oc1cccnc1. The first-order valence-corrected chi connectivity index (χ1v) is 14.5. The van der Waals surface area contributed by atoms with Crippen molar-refractivity contribution in [3.05, 3.63) is 96.8 Å². The molecule has 1 saturated carbocycles. The number of pyridine rings is 1. The monoisotopic (exact) mass is 554 g/mol. The minimum Gasteiger partial charge on any atom is -0.425 e. The highest BCUT2D eigenvalue weighted by molar-refractivity contribution is 5.87. The van der Waals surface area contributed by atoms with Crippen molar-refractivity contribution in [1.29, 1.82) is 0 Å². The smallest absolute Gasteiger partial charge is 0.311 e. The number of ketones is 1. The van der Waals surface area contributed by atoms with Crippen molar-refractivity contribution in [2.24, 2.45) is 5.92 Å². The lowest BCUT2D eigenvalue weighted by Crippen LogP contribution is -2.49. The Kier molecular flexibility index (Phi) is 10.4. The summed E-state index contributed by atoms with van der Waals surface area (Å²) in [6.07, 6.45) is 10.3. The van der Waals surface area contributed by atoms with Crippen molar-refractivity contribution >= 4 is 11.8 Å². The summed E-state index contributed by atoms with van der Waals surface area (Å²) in [6, 6.07) is 22.1. The van der Waals surface area contributed by atoms with Gasteiger partial charge in [-0.05, 0) is 48.1 Å². The molecule has 3 atom stereocenters. The van der Waals surface area contributed by atoms with Gasteiger partial charge in [-0.2, -0.15) is 0 Å². The van der Waals surface area contributed by atoms with E-state index in [2.05, 4.69) is 58.4 Å². The molecule has 5 rings (SSSR count). The van der Waals surface area contributed by atoms with Gasteiger partial charge >= 0.3 is 5.97 Å². The quantitative estimate of drug-likeness (QED) is 0.163. The summed E-state index contributed by atoms with van der Waals surface area (Å²) in [5.74, 6) is 0.542. The lowest BCUT2D eigenvalue weighted by Gasteiger charge is -2.35. The largest absolute Gasteiger partial charge is 0.425 e. The number of hydrogen-bond acceptors (Lipinski definition) is 7. The van der Waals surface area contributed by atoms with E-state index in [1.807, 2.05) is 18.2 Å². The van der Waals surface area contributed by atoms with Gasteiger partial charge in [-0.1, -0.05) is 66.7 Å². The molecule has 2 heterocycles. The highest BCUT2D eigenvalue weighted by Crippen LogP contribution is 2.34. The van der Waals surface area contributed by atoms with Crippen LogP contribution in [0.1, 0.15) is 37.7 Å². The van der Waals surface area contributed by atoms with E-state index in [1.54, 1.807) is 18.3 Å². The van der Waals surface area contributed by atoms with Gasteiger partial charge in [0.25, 0.3) is 0 Å². The number of carbonyl (C=O) groups excluding carboxylic acids is 2. The number of morpholine rings is 1. The molecule has 1 aliphatic carbocycles. The summed E-state index contributed by atoms with van der Waals surface area (Å²) < 4.78 is 17.3. The standard InChI is InChI=1S/C34H38N2O5/c37-31-23-32(40-25-26-14-16-28(17-15-26)27-9-4-3-5-10-27)30(34(31)36-19-21-39-22-20-36)12-6-1-2-7-13-33(38)41-29-11-8-18-35-24-29/h1,3-6,8-11,14-18,24,30,32,34H,2,7,12-13,19-23,25H2/t30-,32-,34+/m0/s1. The first-order valence-electron chi connectivity index (χ1n) is 14.5. The molecule has 2 aromatic carbocycles. The molecule has 0 unspecified atom stereocenters. The number of nitrogens with zero attached hydrogens (tertiary/aromatic N) is 2. The van der Waals surface area contributed by atoms with Crippen LogP contribution < -0.4 is 4.74 Å². The molecule has 0 spiro atoms. The van der Waals surface area contributed by atoms with E-state index in [-0.39, 0.29) is 29.8 Å². The molecule has 7 nitrogen and oxygen atoms in total. The van der Waals surface area contributed by atoms with E-state index < -0.39 is 0 Å². The Morgan fingerprint density at radius 2 is 1.76 bits per heavy atom. The Labute approximate surface area is 242 Å². The first kappa shape index (κ1) is 28.9. The highest BCUT2D eigenvalue weighted by Gasteiger charge is 2.45. The minimum atomic E-state index is -0.259. The van der Waals surface area contributed by atoms with E-state index in [9.17, 15) is 9.59 Å². The van der Waals surface area contributed by atoms with Gasteiger partial charge in [0, 0.05) is 38.0 Å². The number of carbonyl (C=O) groups is 2. The molecular weight excluding hydrogens is 516 g/mol. The summed E-state index contributed by atoms with van der Waals surface area (Å²) in [5, 5.41) is 0. The van der Waals surface area contributed by atoms with Crippen LogP contribution >= 0.6 is 0 Å². The number of hydrogen-bond donors (Lipinski definition) is 0. The van der Waals surface area contributed by atoms with Crippen molar-refractivity contribution in [2.75, 3.05) is 26.3 Å².